The molecule has 0 saturated heterocycles. The Kier molecular flexibility index (Phi) is 4.49. The van der Waals surface area contributed by atoms with Crippen molar-refractivity contribution in [2.45, 2.75) is 29.8 Å². The van der Waals surface area contributed by atoms with Gasteiger partial charge in [0.1, 0.15) is 5.82 Å². The van der Waals surface area contributed by atoms with Crippen LogP contribution in [0.2, 0.25) is 0 Å². The Morgan fingerprint density at radius 2 is 1.68 bits per heavy atom. The molecule has 0 aromatic heterocycles. The van der Waals surface area contributed by atoms with Gasteiger partial charge >= 0.3 is 6.03 Å². The second-order valence-electron chi connectivity index (χ2n) is 6.09. The minimum atomic E-state index is -3.73. The Balaban J connectivity index is 1.57. The van der Waals surface area contributed by atoms with E-state index in [0.717, 1.165) is 24.0 Å². The maximum absolute atomic E-state index is 13.0. The summed E-state index contributed by atoms with van der Waals surface area (Å²) in [4.78, 5) is 12.1. The summed E-state index contributed by atoms with van der Waals surface area (Å²) >= 11 is 0. The molecular formula is C17H18FN3O3S. The van der Waals surface area contributed by atoms with Gasteiger partial charge in [-0.2, -0.15) is 0 Å². The Bertz CT molecular complexity index is 876. The third kappa shape index (κ3) is 4.15. The molecule has 8 heteroatoms. The lowest BCUT2D eigenvalue weighted by atomic mass is 10.1. The van der Waals surface area contributed by atoms with Gasteiger partial charge in [-0.25, -0.2) is 22.7 Å². The molecule has 2 amide bonds. The van der Waals surface area contributed by atoms with Crippen LogP contribution in [0.3, 0.4) is 0 Å². The number of nitrogens with one attached hydrogen (secondary N) is 2. The van der Waals surface area contributed by atoms with Gasteiger partial charge in [0.15, 0.2) is 0 Å². The van der Waals surface area contributed by atoms with Gasteiger partial charge in [0.25, 0.3) is 0 Å². The normalized spacial score (nSPS) is 15.4. The summed E-state index contributed by atoms with van der Waals surface area (Å²) in [6.45, 7) is 0.246. The molecule has 132 valence electrons. The van der Waals surface area contributed by atoms with E-state index in [1.165, 1.54) is 24.3 Å². The van der Waals surface area contributed by atoms with Crippen LogP contribution < -0.4 is 15.8 Å². The van der Waals surface area contributed by atoms with E-state index in [2.05, 4.69) is 10.6 Å². The van der Waals surface area contributed by atoms with Crippen LogP contribution in [0.25, 0.3) is 0 Å². The molecule has 0 bridgehead atoms. The first-order chi connectivity index (χ1) is 11.8. The highest BCUT2D eigenvalue weighted by Gasteiger charge is 2.45. The molecule has 4 N–H and O–H groups in total. The van der Waals surface area contributed by atoms with E-state index in [1.807, 2.05) is 0 Å². The third-order valence-corrected chi connectivity index (χ3v) is 5.13. The first-order valence-electron chi connectivity index (χ1n) is 7.72. The molecule has 1 fully saturated rings. The summed E-state index contributed by atoms with van der Waals surface area (Å²) in [7, 11) is -3.73. The van der Waals surface area contributed by atoms with Crippen LogP contribution in [-0.4, -0.2) is 14.4 Å². The van der Waals surface area contributed by atoms with Crippen molar-refractivity contribution in [1.82, 2.24) is 10.6 Å². The quantitative estimate of drug-likeness (QED) is 0.757. The van der Waals surface area contributed by atoms with Crippen molar-refractivity contribution in [2.75, 3.05) is 0 Å². The van der Waals surface area contributed by atoms with Gasteiger partial charge in [-0.3, -0.25) is 0 Å². The molecule has 2 aromatic rings. The molecule has 2 aromatic carbocycles. The zero-order chi connectivity index (χ0) is 18.1. The molecule has 0 radical (unpaired) electrons. The van der Waals surface area contributed by atoms with Crippen LogP contribution in [0.1, 0.15) is 24.0 Å². The number of hydrogen-bond donors (Lipinski definition) is 3. The van der Waals surface area contributed by atoms with E-state index < -0.39 is 15.6 Å². The predicted octanol–water partition coefficient (Wildman–Crippen LogP) is 1.96. The lowest BCUT2D eigenvalue weighted by Gasteiger charge is -2.18. The topological polar surface area (TPSA) is 101 Å². The fourth-order valence-corrected chi connectivity index (χ4v) is 3.14. The van der Waals surface area contributed by atoms with Gasteiger partial charge in [0, 0.05) is 6.54 Å². The van der Waals surface area contributed by atoms with E-state index in [9.17, 15) is 17.6 Å². The number of carbonyl (C=O) groups excluding carboxylic acids is 1. The van der Waals surface area contributed by atoms with Gasteiger partial charge in [-0.1, -0.05) is 24.3 Å². The predicted molar refractivity (Wildman–Crippen MR) is 90.5 cm³/mol. The Morgan fingerprint density at radius 3 is 2.20 bits per heavy atom. The Labute approximate surface area is 145 Å². The molecule has 25 heavy (non-hydrogen) atoms. The van der Waals surface area contributed by atoms with Crippen LogP contribution in [0.5, 0.6) is 0 Å². The summed E-state index contributed by atoms with van der Waals surface area (Å²) in [6, 6.07) is 11.7. The molecule has 0 atom stereocenters. The number of urea groups is 1. The SMILES string of the molecule is NS(=O)(=O)c1ccc(CNC(=O)NC2(c3ccc(F)cc3)CC2)cc1. The van der Waals surface area contributed by atoms with E-state index in [4.69, 9.17) is 5.14 Å². The number of primary sulfonamides is 1. The zero-order valence-electron chi connectivity index (χ0n) is 13.3. The average Bonchev–Trinajstić information content (AvgIpc) is 3.34. The summed E-state index contributed by atoms with van der Waals surface area (Å²) < 4.78 is 35.4. The molecule has 6 nitrogen and oxygen atoms in total. The molecule has 0 heterocycles. The fraction of sp³-hybridized carbons (Fsp3) is 0.235. The van der Waals surface area contributed by atoms with Crippen molar-refractivity contribution in [3.8, 4) is 0 Å². The minimum Gasteiger partial charge on any atom is -0.334 e. The third-order valence-electron chi connectivity index (χ3n) is 4.20. The second-order valence-corrected chi connectivity index (χ2v) is 7.65. The highest BCUT2D eigenvalue weighted by atomic mass is 32.2. The molecule has 0 unspecified atom stereocenters. The van der Waals surface area contributed by atoms with Crippen molar-refractivity contribution < 1.29 is 17.6 Å². The van der Waals surface area contributed by atoms with Crippen molar-refractivity contribution >= 4 is 16.1 Å². The highest BCUT2D eigenvalue weighted by Crippen LogP contribution is 2.45. The van der Waals surface area contributed by atoms with Crippen molar-refractivity contribution in [3.63, 3.8) is 0 Å². The monoisotopic (exact) mass is 363 g/mol. The van der Waals surface area contributed by atoms with Crippen molar-refractivity contribution in [2.24, 2.45) is 5.14 Å². The summed E-state index contributed by atoms with van der Waals surface area (Å²) in [5.74, 6) is -0.313. The van der Waals surface area contributed by atoms with Gasteiger partial charge in [0.2, 0.25) is 10.0 Å². The fourth-order valence-electron chi connectivity index (χ4n) is 2.62. The molecule has 1 saturated carbocycles. The highest BCUT2D eigenvalue weighted by molar-refractivity contribution is 7.89. The molecule has 0 spiro atoms. The summed E-state index contributed by atoms with van der Waals surface area (Å²) in [5.41, 5.74) is 1.19. The van der Waals surface area contributed by atoms with E-state index in [-0.39, 0.29) is 23.3 Å². The average molecular weight is 363 g/mol. The number of sulfonamides is 1. The number of amides is 2. The standard InChI is InChI=1S/C17H18FN3O3S/c18-14-5-3-13(4-6-14)17(9-10-17)21-16(22)20-11-12-1-7-15(8-2-12)25(19,23)24/h1-8H,9-11H2,(H2,19,23,24)(H2,20,21,22). The molecular weight excluding hydrogens is 345 g/mol. The molecule has 0 aliphatic heterocycles. The Morgan fingerprint density at radius 1 is 1.08 bits per heavy atom. The number of hydrogen-bond acceptors (Lipinski definition) is 3. The van der Waals surface area contributed by atoms with E-state index >= 15 is 0 Å². The van der Waals surface area contributed by atoms with Crippen molar-refractivity contribution in [1.29, 1.82) is 0 Å². The summed E-state index contributed by atoms with van der Waals surface area (Å²) in [5, 5.41) is 10.7. The van der Waals surface area contributed by atoms with Gasteiger partial charge in [-0.15, -0.1) is 0 Å². The molecule has 3 rings (SSSR count). The number of halogens is 1. The first-order valence-corrected chi connectivity index (χ1v) is 9.27. The second kappa shape index (κ2) is 6.45. The molecule has 1 aliphatic carbocycles. The van der Waals surface area contributed by atoms with E-state index in [1.54, 1.807) is 24.3 Å². The first kappa shape index (κ1) is 17.4. The zero-order valence-corrected chi connectivity index (χ0v) is 14.1. The number of nitrogens with two attached hydrogens (primary N) is 1. The van der Waals surface area contributed by atoms with E-state index in [0.29, 0.717) is 0 Å². The van der Waals surface area contributed by atoms with Crippen LogP contribution in [0.4, 0.5) is 9.18 Å². The summed E-state index contributed by atoms with van der Waals surface area (Å²) in [6.07, 6.45) is 1.60. The largest absolute Gasteiger partial charge is 0.334 e. The molecule has 1 aliphatic rings. The lowest BCUT2D eigenvalue weighted by Crippen LogP contribution is -2.41. The number of rotatable bonds is 5. The maximum atomic E-state index is 13.0. The van der Waals surface area contributed by atoms with Crippen LogP contribution in [0.15, 0.2) is 53.4 Å². The smallest absolute Gasteiger partial charge is 0.315 e. The van der Waals surface area contributed by atoms with Crippen LogP contribution in [0, 0.1) is 5.82 Å². The Hall–Kier alpha value is -2.45. The van der Waals surface area contributed by atoms with Crippen molar-refractivity contribution in [3.05, 3.63) is 65.5 Å². The van der Waals surface area contributed by atoms with Gasteiger partial charge in [-0.05, 0) is 48.2 Å². The lowest BCUT2D eigenvalue weighted by molar-refractivity contribution is 0.235. The van der Waals surface area contributed by atoms with Gasteiger partial charge in [0.05, 0.1) is 10.4 Å². The number of carbonyl (C=O) groups is 1. The number of benzene rings is 2. The van der Waals surface area contributed by atoms with Gasteiger partial charge < -0.3 is 10.6 Å². The van der Waals surface area contributed by atoms with Crippen LogP contribution >= 0.6 is 0 Å². The van der Waals surface area contributed by atoms with Crippen LogP contribution in [-0.2, 0) is 22.1 Å². The maximum Gasteiger partial charge on any atom is 0.315 e. The minimum absolute atomic E-state index is 0.0222.